The number of benzene rings is 2. The van der Waals surface area contributed by atoms with Crippen molar-refractivity contribution in [1.82, 2.24) is 4.90 Å². The average Bonchev–Trinajstić information content (AvgIpc) is 3.00. The van der Waals surface area contributed by atoms with E-state index in [9.17, 15) is 9.18 Å². The van der Waals surface area contributed by atoms with Crippen molar-refractivity contribution in [3.05, 3.63) is 60.0 Å². The van der Waals surface area contributed by atoms with Gasteiger partial charge < -0.3 is 20.9 Å². The Kier molecular flexibility index (Phi) is 6.08. The van der Waals surface area contributed by atoms with Crippen molar-refractivity contribution < 1.29 is 9.18 Å². The maximum atomic E-state index is 14.3. The lowest BCUT2D eigenvalue weighted by Crippen LogP contribution is -2.28. The largest absolute Gasteiger partial charge is 0.381 e. The molecule has 1 heterocycles. The molecule has 0 unspecified atom stereocenters. The van der Waals surface area contributed by atoms with Gasteiger partial charge in [-0.25, -0.2) is 4.39 Å². The first kappa shape index (κ1) is 18.9. The molecule has 0 atom stereocenters. The van der Waals surface area contributed by atoms with Crippen LogP contribution in [0.2, 0.25) is 0 Å². The maximum Gasteiger partial charge on any atom is 0.257 e. The monoisotopic (exact) mass is 368 g/mol. The molecule has 1 aliphatic rings. The zero-order valence-corrected chi connectivity index (χ0v) is 15.7. The van der Waals surface area contributed by atoms with Gasteiger partial charge in [0.05, 0.1) is 11.3 Å². The Morgan fingerprint density at radius 3 is 2.67 bits per heavy atom. The van der Waals surface area contributed by atoms with Gasteiger partial charge in [0.2, 0.25) is 0 Å². The van der Waals surface area contributed by atoms with Gasteiger partial charge in [0.25, 0.3) is 5.91 Å². The third-order valence-corrected chi connectivity index (χ3v) is 4.70. The van der Waals surface area contributed by atoms with E-state index < -0.39 is 0 Å². The molecule has 3 rings (SSSR count). The van der Waals surface area contributed by atoms with Crippen LogP contribution in [0.4, 0.5) is 21.5 Å². The van der Waals surface area contributed by atoms with Crippen LogP contribution in [0, 0.1) is 5.82 Å². The van der Waals surface area contributed by atoms with E-state index >= 15 is 0 Å². The zero-order chi connectivity index (χ0) is 19.2. The van der Waals surface area contributed by atoms with Crippen molar-refractivity contribution in [3.63, 3.8) is 0 Å². The lowest BCUT2D eigenvalue weighted by Gasteiger charge is -2.18. The molecule has 1 aliphatic heterocycles. The molecule has 6 heteroatoms. The summed E-state index contributed by atoms with van der Waals surface area (Å²) >= 11 is 0. The molecule has 27 heavy (non-hydrogen) atoms. The number of anilines is 3. The summed E-state index contributed by atoms with van der Waals surface area (Å²) in [5, 5.41) is 8.96. The highest BCUT2D eigenvalue weighted by molar-refractivity contribution is 6.31. The second-order valence-corrected chi connectivity index (χ2v) is 6.35. The van der Waals surface area contributed by atoms with E-state index in [1.807, 2.05) is 24.3 Å². The molecule has 0 fully saturated rings. The standard InChI is InChI=1S/C21H25FN4O/c1-3-26(4-2)12-11-23-20-10-9-15(13-18(20)22)24-14-17-16-7-5-6-8-19(16)25-21(17)27/h5-10,13-14,23-24H,3-4,11-12H2,1-2H3,(H,25,27)/b17-14+. The Labute approximate surface area is 159 Å². The zero-order valence-electron chi connectivity index (χ0n) is 15.7. The minimum Gasteiger partial charge on any atom is -0.381 e. The molecule has 3 N–H and O–H groups in total. The summed E-state index contributed by atoms with van der Waals surface area (Å²) in [6.07, 6.45) is 1.61. The topological polar surface area (TPSA) is 56.4 Å². The summed E-state index contributed by atoms with van der Waals surface area (Å²) in [5.74, 6) is -0.493. The van der Waals surface area contributed by atoms with Gasteiger partial charge in [0.15, 0.2) is 0 Å². The average molecular weight is 368 g/mol. The molecule has 0 spiro atoms. The number of hydrogen-bond acceptors (Lipinski definition) is 4. The van der Waals surface area contributed by atoms with Gasteiger partial charge >= 0.3 is 0 Å². The number of amides is 1. The number of carbonyl (C=O) groups is 1. The molecule has 0 aromatic heterocycles. The van der Waals surface area contributed by atoms with Crippen LogP contribution in [-0.2, 0) is 4.79 Å². The molecule has 0 bridgehead atoms. The summed E-state index contributed by atoms with van der Waals surface area (Å²) in [6.45, 7) is 7.74. The Bertz CT molecular complexity index is 846. The SMILES string of the molecule is CCN(CC)CCNc1ccc(N/C=C2/C(=O)Nc3ccccc32)cc1F. The first-order chi connectivity index (χ1) is 13.1. The number of halogens is 1. The highest BCUT2D eigenvalue weighted by atomic mass is 19.1. The molecule has 142 valence electrons. The molecule has 5 nitrogen and oxygen atoms in total. The fourth-order valence-electron chi connectivity index (χ4n) is 3.07. The van der Waals surface area contributed by atoms with Crippen LogP contribution >= 0.6 is 0 Å². The van der Waals surface area contributed by atoms with E-state index in [0.29, 0.717) is 23.5 Å². The van der Waals surface area contributed by atoms with Crippen LogP contribution in [0.25, 0.3) is 5.57 Å². The second-order valence-electron chi connectivity index (χ2n) is 6.35. The number of nitrogens with zero attached hydrogens (tertiary/aromatic N) is 1. The van der Waals surface area contributed by atoms with E-state index in [0.717, 1.165) is 30.9 Å². The minimum atomic E-state index is -0.325. The molecule has 0 saturated heterocycles. The summed E-state index contributed by atoms with van der Waals surface area (Å²) in [7, 11) is 0. The van der Waals surface area contributed by atoms with Gasteiger partial charge in [0.1, 0.15) is 5.82 Å². The third-order valence-electron chi connectivity index (χ3n) is 4.70. The highest BCUT2D eigenvalue weighted by Gasteiger charge is 2.23. The number of nitrogens with one attached hydrogen (secondary N) is 3. The van der Waals surface area contributed by atoms with E-state index in [4.69, 9.17) is 0 Å². The van der Waals surface area contributed by atoms with Gasteiger partial charge in [0, 0.05) is 36.2 Å². The van der Waals surface area contributed by atoms with E-state index in [-0.39, 0.29) is 11.7 Å². The number of rotatable bonds is 8. The molecule has 2 aromatic rings. The van der Waals surface area contributed by atoms with E-state index in [1.165, 1.54) is 6.07 Å². The summed E-state index contributed by atoms with van der Waals surface area (Å²) < 4.78 is 14.3. The fraction of sp³-hybridized carbons (Fsp3) is 0.286. The quantitative estimate of drug-likeness (QED) is 0.617. The first-order valence-corrected chi connectivity index (χ1v) is 9.25. The van der Waals surface area contributed by atoms with Crippen LogP contribution in [-0.4, -0.2) is 37.0 Å². The van der Waals surface area contributed by atoms with Crippen molar-refractivity contribution in [2.24, 2.45) is 0 Å². The van der Waals surface area contributed by atoms with Crippen molar-refractivity contribution in [2.45, 2.75) is 13.8 Å². The summed E-state index contributed by atoms with van der Waals surface area (Å²) in [4.78, 5) is 14.4. The van der Waals surface area contributed by atoms with Crippen molar-refractivity contribution in [1.29, 1.82) is 0 Å². The van der Waals surface area contributed by atoms with Crippen molar-refractivity contribution in [2.75, 3.05) is 42.1 Å². The molecule has 0 aliphatic carbocycles. The summed E-state index contributed by atoms with van der Waals surface area (Å²) in [6, 6.07) is 12.4. The van der Waals surface area contributed by atoms with Gasteiger partial charge in [-0.2, -0.15) is 0 Å². The van der Waals surface area contributed by atoms with Crippen molar-refractivity contribution >= 4 is 28.5 Å². The van der Waals surface area contributed by atoms with Gasteiger partial charge in [-0.15, -0.1) is 0 Å². The van der Waals surface area contributed by atoms with Crippen LogP contribution in [0.3, 0.4) is 0 Å². The molecule has 0 radical (unpaired) electrons. The van der Waals surface area contributed by atoms with Crippen molar-refractivity contribution in [3.8, 4) is 0 Å². The third kappa shape index (κ3) is 4.46. The highest BCUT2D eigenvalue weighted by Crippen LogP contribution is 2.31. The van der Waals surface area contributed by atoms with Crippen LogP contribution < -0.4 is 16.0 Å². The second kappa shape index (κ2) is 8.68. The van der Waals surface area contributed by atoms with E-state index in [2.05, 4.69) is 34.7 Å². The summed E-state index contributed by atoms with van der Waals surface area (Å²) in [5.41, 5.74) is 3.22. The lowest BCUT2D eigenvalue weighted by atomic mass is 10.1. The fourth-order valence-corrected chi connectivity index (χ4v) is 3.07. The number of hydrogen-bond donors (Lipinski definition) is 3. The predicted octanol–water partition coefficient (Wildman–Crippen LogP) is 3.98. The Morgan fingerprint density at radius 1 is 1.15 bits per heavy atom. The number of para-hydroxylation sites is 1. The molecule has 1 amide bonds. The molecular weight excluding hydrogens is 343 g/mol. The minimum absolute atomic E-state index is 0.168. The Hall–Kier alpha value is -2.86. The van der Waals surface area contributed by atoms with Gasteiger partial charge in [-0.05, 0) is 37.4 Å². The normalized spacial score (nSPS) is 14.4. The number of fused-ring (bicyclic) bond motifs is 1. The molecular formula is C21H25FN4O. The van der Waals surface area contributed by atoms with Crippen LogP contribution in [0.1, 0.15) is 19.4 Å². The Morgan fingerprint density at radius 2 is 1.93 bits per heavy atom. The number of likely N-dealkylation sites (N-methyl/N-ethyl adjacent to an activating group) is 1. The first-order valence-electron chi connectivity index (χ1n) is 9.25. The van der Waals surface area contributed by atoms with Crippen LogP contribution in [0.5, 0.6) is 0 Å². The Balaban J connectivity index is 1.64. The predicted molar refractivity (Wildman–Crippen MR) is 109 cm³/mol. The molecule has 0 saturated carbocycles. The van der Waals surface area contributed by atoms with Gasteiger partial charge in [-0.3, -0.25) is 4.79 Å². The smallest absolute Gasteiger partial charge is 0.257 e. The number of carbonyl (C=O) groups excluding carboxylic acids is 1. The van der Waals surface area contributed by atoms with Gasteiger partial charge in [-0.1, -0.05) is 32.0 Å². The maximum absolute atomic E-state index is 14.3. The lowest BCUT2D eigenvalue weighted by molar-refractivity contribution is -0.110. The molecule has 2 aromatic carbocycles. The van der Waals surface area contributed by atoms with Crippen LogP contribution in [0.15, 0.2) is 48.7 Å². The van der Waals surface area contributed by atoms with E-state index in [1.54, 1.807) is 18.3 Å².